The van der Waals surface area contributed by atoms with Crippen LogP contribution in [0.3, 0.4) is 0 Å². The Morgan fingerprint density at radius 3 is 2.84 bits per heavy atom. The second-order valence-corrected chi connectivity index (χ2v) is 7.80. The minimum atomic E-state index is -0.153. The molecule has 3 heterocycles. The van der Waals surface area contributed by atoms with E-state index in [0.717, 1.165) is 46.8 Å². The Morgan fingerprint density at radius 2 is 2.08 bits per heavy atom. The quantitative estimate of drug-likeness (QED) is 0.779. The number of rotatable bonds is 2. The molecule has 0 unspecified atom stereocenters. The van der Waals surface area contributed by atoms with Crippen LogP contribution in [0.25, 0.3) is 11.0 Å². The van der Waals surface area contributed by atoms with Crippen molar-refractivity contribution in [2.45, 2.75) is 45.7 Å². The lowest BCUT2D eigenvalue weighted by Gasteiger charge is -2.28. The van der Waals surface area contributed by atoms with Crippen molar-refractivity contribution in [3.8, 4) is 0 Å². The van der Waals surface area contributed by atoms with Crippen LogP contribution in [0.1, 0.15) is 43.6 Å². The van der Waals surface area contributed by atoms with Gasteiger partial charge in [0, 0.05) is 30.3 Å². The predicted molar refractivity (Wildman–Crippen MR) is 97.6 cm³/mol. The molecular weight excluding hydrogens is 314 g/mol. The molecule has 0 amide bonds. The standard InChI is InChI=1S/C20H23N3O2/c1-20(2,3)19-21-16-8-9-23(12-15(16)18(24)22-19)11-14-10-13-6-4-5-7-17(13)25-14/h4-7,10H,8-9,11-12H2,1-3H3,(H,21,22,24). The maximum Gasteiger partial charge on any atom is 0.255 e. The molecule has 0 fully saturated rings. The Bertz CT molecular complexity index is 946. The SMILES string of the molecule is CC(C)(C)c1nc2c(c(=O)[nH]1)CN(Cc1cc3ccccc3o1)CC2. The summed E-state index contributed by atoms with van der Waals surface area (Å²) in [5, 5.41) is 1.12. The number of hydrogen-bond acceptors (Lipinski definition) is 4. The second-order valence-electron chi connectivity index (χ2n) is 7.80. The first-order valence-corrected chi connectivity index (χ1v) is 8.72. The number of aromatic nitrogens is 2. The van der Waals surface area contributed by atoms with Crippen molar-refractivity contribution in [3.05, 3.63) is 63.5 Å². The molecular formula is C20H23N3O2. The second kappa shape index (κ2) is 5.85. The normalized spacial score (nSPS) is 15.5. The largest absolute Gasteiger partial charge is 0.460 e. The van der Waals surface area contributed by atoms with E-state index in [4.69, 9.17) is 9.40 Å². The first kappa shape index (κ1) is 16.1. The molecule has 3 aromatic rings. The summed E-state index contributed by atoms with van der Waals surface area (Å²) in [6.07, 6.45) is 0.794. The van der Waals surface area contributed by atoms with Gasteiger partial charge >= 0.3 is 0 Å². The van der Waals surface area contributed by atoms with Crippen molar-refractivity contribution in [1.29, 1.82) is 0 Å². The van der Waals surface area contributed by atoms with Crippen LogP contribution in [-0.4, -0.2) is 21.4 Å². The summed E-state index contributed by atoms with van der Waals surface area (Å²) in [4.78, 5) is 22.4. The van der Waals surface area contributed by atoms with Gasteiger partial charge in [-0.05, 0) is 12.1 Å². The molecule has 130 valence electrons. The molecule has 0 bridgehead atoms. The monoisotopic (exact) mass is 337 g/mol. The van der Waals surface area contributed by atoms with E-state index in [1.165, 1.54) is 0 Å². The summed E-state index contributed by atoms with van der Waals surface area (Å²) < 4.78 is 5.91. The zero-order valence-corrected chi connectivity index (χ0v) is 14.9. The molecule has 1 aliphatic heterocycles. The van der Waals surface area contributed by atoms with E-state index in [-0.39, 0.29) is 11.0 Å². The van der Waals surface area contributed by atoms with E-state index in [0.29, 0.717) is 13.1 Å². The summed E-state index contributed by atoms with van der Waals surface area (Å²) in [6.45, 7) is 8.38. The first-order chi connectivity index (χ1) is 11.9. The number of benzene rings is 1. The number of aromatic amines is 1. The average molecular weight is 337 g/mol. The molecule has 1 aromatic carbocycles. The van der Waals surface area contributed by atoms with Gasteiger partial charge in [0.05, 0.1) is 17.8 Å². The Kier molecular flexibility index (Phi) is 3.76. The number of furan rings is 1. The van der Waals surface area contributed by atoms with Crippen molar-refractivity contribution in [2.24, 2.45) is 0 Å². The van der Waals surface area contributed by atoms with Crippen LogP contribution >= 0.6 is 0 Å². The van der Waals surface area contributed by atoms with Gasteiger partial charge in [-0.25, -0.2) is 4.98 Å². The van der Waals surface area contributed by atoms with Gasteiger partial charge in [-0.15, -0.1) is 0 Å². The van der Waals surface area contributed by atoms with E-state index in [9.17, 15) is 4.79 Å². The maximum absolute atomic E-state index is 12.5. The first-order valence-electron chi connectivity index (χ1n) is 8.72. The molecule has 1 N–H and O–H groups in total. The van der Waals surface area contributed by atoms with Crippen molar-refractivity contribution in [1.82, 2.24) is 14.9 Å². The van der Waals surface area contributed by atoms with E-state index in [1.54, 1.807) is 0 Å². The minimum Gasteiger partial charge on any atom is -0.460 e. The van der Waals surface area contributed by atoms with Gasteiger partial charge < -0.3 is 9.40 Å². The molecule has 0 spiro atoms. The van der Waals surface area contributed by atoms with Crippen LogP contribution in [0.15, 0.2) is 39.5 Å². The van der Waals surface area contributed by atoms with Gasteiger partial charge in [0.25, 0.3) is 5.56 Å². The highest BCUT2D eigenvalue weighted by molar-refractivity contribution is 5.77. The molecule has 2 aromatic heterocycles. The molecule has 1 aliphatic rings. The van der Waals surface area contributed by atoms with Gasteiger partial charge in [0.15, 0.2) is 0 Å². The number of hydrogen-bond donors (Lipinski definition) is 1. The smallest absolute Gasteiger partial charge is 0.255 e. The lowest BCUT2D eigenvalue weighted by Crippen LogP contribution is -2.37. The Labute approximate surface area is 146 Å². The zero-order valence-electron chi connectivity index (χ0n) is 14.9. The van der Waals surface area contributed by atoms with Crippen LogP contribution < -0.4 is 5.56 Å². The maximum atomic E-state index is 12.5. The minimum absolute atomic E-state index is 0.00997. The van der Waals surface area contributed by atoms with Crippen molar-refractivity contribution >= 4 is 11.0 Å². The number of fused-ring (bicyclic) bond motifs is 2. The van der Waals surface area contributed by atoms with Gasteiger partial charge in [0.1, 0.15) is 17.2 Å². The van der Waals surface area contributed by atoms with Gasteiger partial charge in [-0.2, -0.15) is 0 Å². The molecule has 4 rings (SSSR count). The van der Waals surface area contributed by atoms with Crippen LogP contribution in [0, 0.1) is 0 Å². The van der Waals surface area contributed by atoms with E-state index in [1.807, 2.05) is 18.2 Å². The molecule has 5 nitrogen and oxygen atoms in total. The van der Waals surface area contributed by atoms with Crippen molar-refractivity contribution in [3.63, 3.8) is 0 Å². The number of H-pyrrole nitrogens is 1. The molecule has 0 saturated carbocycles. The highest BCUT2D eigenvalue weighted by atomic mass is 16.3. The highest BCUT2D eigenvalue weighted by Crippen LogP contribution is 2.23. The van der Waals surface area contributed by atoms with Crippen LogP contribution in [-0.2, 0) is 24.9 Å². The van der Waals surface area contributed by atoms with Crippen LogP contribution in [0.4, 0.5) is 0 Å². The fourth-order valence-corrected chi connectivity index (χ4v) is 3.31. The third kappa shape index (κ3) is 3.12. The summed E-state index contributed by atoms with van der Waals surface area (Å²) in [7, 11) is 0. The molecule has 25 heavy (non-hydrogen) atoms. The van der Waals surface area contributed by atoms with Gasteiger partial charge in [0.2, 0.25) is 0 Å². The fourth-order valence-electron chi connectivity index (χ4n) is 3.31. The Morgan fingerprint density at radius 1 is 1.28 bits per heavy atom. The number of nitrogens with zero attached hydrogens (tertiary/aromatic N) is 2. The summed E-state index contributed by atoms with van der Waals surface area (Å²) in [5.41, 5.74) is 2.47. The lowest BCUT2D eigenvalue weighted by atomic mass is 9.95. The Balaban J connectivity index is 1.57. The average Bonchev–Trinajstić information content (AvgIpc) is 2.96. The number of para-hydroxylation sites is 1. The summed E-state index contributed by atoms with van der Waals surface area (Å²) >= 11 is 0. The third-order valence-electron chi connectivity index (χ3n) is 4.71. The fraction of sp³-hybridized carbons (Fsp3) is 0.400. The Hall–Kier alpha value is -2.40. The zero-order chi connectivity index (χ0) is 17.6. The van der Waals surface area contributed by atoms with Gasteiger partial charge in [-0.3, -0.25) is 9.69 Å². The van der Waals surface area contributed by atoms with Gasteiger partial charge in [-0.1, -0.05) is 39.0 Å². The molecule has 0 aliphatic carbocycles. The van der Waals surface area contributed by atoms with E-state index >= 15 is 0 Å². The summed E-state index contributed by atoms with van der Waals surface area (Å²) in [5.74, 6) is 1.70. The van der Waals surface area contributed by atoms with Crippen molar-refractivity contribution in [2.75, 3.05) is 6.54 Å². The van der Waals surface area contributed by atoms with E-state index in [2.05, 4.69) is 42.8 Å². The van der Waals surface area contributed by atoms with Crippen LogP contribution in [0.5, 0.6) is 0 Å². The van der Waals surface area contributed by atoms with Crippen molar-refractivity contribution < 1.29 is 4.42 Å². The van der Waals surface area contributed by atoms with E-state index < -0.39 is 0 Å². The molecule has 0 radical (unpaired) electrons. The predicted octanol–water partition coefficient (Wildman–Crippen LogP) is 3.37. The molecule has 0 saturated heterocycles. The van der Waals surface area contributed by atoms with Crippen LogP contribution in [0.2, 0.25) is 0 Å². The topological polar surface area (TPSA) is 62.1 Å². The third-order valence-corrected chi connectivity index (χ3v) is 4.71. The highest BCUT2D eigenvalue weighted by Gasteiger charge is 2.25. The summed E-state index contributed by atoms with van der Waals surface area (Å²) in [6, 6.07) is 10.1. The molecule has 0 atom stereocenters. The lowest BCUT2D eigenvalue weighted by molar-refractivity contribution is 0.224. The number of nitrogens with one attached hydrogen (secondary N) is 1. The molecule has 5 heteroatoms.